The first kappa shape index (κ1) is 26.3. The summed E-state index contributed by atoms with van der Waals surface area (Å²) in [6.07, 6.45) is 2.75. The van der Waals surface area contributed by atoms with Crippen LogP contribution in [0.1, 0.15) is 38.2 Å². The Balaban J connectivity index is 2.04. The van der Waals surface area contributed by atoms with E-state index < -0.39 is 22.8 Å². The maximum Gasteiger partial charge on any atom is 0.336 e. The van der Waals surface area contributed by atoms with Gasteiger partial charge in [-0.3, -0.25) is 14.9 Å². The van der Waals surface area contributed by atoms with E-state index in [9.17, 15) is 24.5 Å². The number of amides is 1. The van der Waals surface area contributed by atoms with E-state index in [0.29, 0.717) is 28.5 Å². The Bertz CT molecular complexity index is 1070. The van der Waals surface area contributed by atoms with Crippen LogP contribution in [0.2, 0.25) is 0 Å². The van der Waals surface area contributed by atoms with Crippen LogP contribution in [0, 0.1) is 10.1 Å². The molecule has 0 spiro atoms. The van der Waals surface area contributed by atoms with E-state index in [0.717, 1.165) is 25.8 Å². The highest BCUT2D eigenvalue weighted by atomic mass is 32.2. The lowest BCUT2D eigenvalue weighted by atomic mass is 9.80. The average molecular weight is 504 g/mol. The molecule has 11 heteroatoms. The Morgan fingerprint density at radius 3 is 2.74 bits per heavy atom. The molecule has 1 aromatic rings. The topological polar surface area (TPSA) is 128 Å². The second-order valence-corrected chi connectivity index (χ2v) is 9.24. The molecule has 1 fully saturated rings. The minimum Gasteiger partial charge on any atom is -0.466 e. The number of nitro groups is 1. The van der Waals surface area contributed by atoms with Crippen LogP contribution >= 0.6 is 11.8 Å². The third kappa shape index (κ3) is 5.84. The van der Waals surface area contributed by atoms with Crippen LogP contribution in [0.15, 0.2) is 46.8 Å². The summed E-state index contributed by atoms with van der Waals surface area (Å²) in [5.41, 5.74) is 1.71. The number of nitrogens with one attached hydrogen (secondary N) is 1. The van der Waals surface area contributed by atoms with Crippen molar-refractivity contribution in [3.8, 4) is 0 Å². The number of carbonyl (C=O) groups is 3. The fraction of sp³-hybridized carbons (Fsp3) is 0.458. The smallest absolute Gasteiger partial charge is 0.336 e. The minimum absolute atomic E-state index is 0.122. The van der Waals surface area contributed by atoms with E-state index in [1.54, 1.807) is 36.6 Å². The van der Waals surface area contributed by atoms with Gasteiger partial charge in [0, 0.05) is 47.6 Å². The molecule has 1 aromatic carbocycles. The van der Waals surface area contributed by atoms with E-state index in [4.69, 9.17) is 9.47 Å². The van der Waals surface area contributed by atoms with Crippen molar-refractivity contribution in [2.24, 2.45) is 0 Å². The Kier molecular flexibility index (Phi) is 8.91. The van der Waals surface area contributed by atoms with Crippen LogP contribution in [0.25, 0.3) is 0 Å². The van der Waals surface area contributed by atoms with Crippen LogP contribution in [-0.4, -0.2) is 66.0 Å². The van der Waals surface area contributed by atoms with Gasteiger partial charge in [0.15, 0.2) is 0 Å². The molecule has 3 rings (SSSR count). The lowest BCUT2D eigenvalue weighted by molar-refractivity contribution is -0.384. The third-order valence-electron chi connectivity index (χ3n) is 6.07. The summed E-state index contributed by atoms with van der Waals surface area (Å²) in [5.74, 6) is -1.08. The van der Waals surface area contributed by atoms with Crippen LogP contribution in [-0.2, 0) is 23.9 Å². The van der Waals surface area contributed by atoms with Gasteiger partial charge in [0.2, 0.25) is 6.41 Å². The van der Waals surface area contributed by atoms with Gasteiger partial charge in [0.1, 0.15) is 0 Å². The number of rotatable bonds is 10. The van der Waals surface area contributed by atoms with Gasteiger partial charge in [0.25, 0.3) is 5.69 Å². The number of nitrogens with zero attached hydrogens (tertiary/aromatic N) is 2. The van der Waals surface area contributed by atoms with Gasteiger partial charge in [-0.2, -0.15) is 11.8 Å². The molecular formula is C24H29N3O7S. The number of allylic oxidation sites excluding steroid dienone is 1. The van der Waals surface area contributed by atoms with Gasteiger partial charge < -0.3 is 19.7 Å². The normalized spacial score (nSPS) is 19.9. The molecule has 0 aliphatic carbocycles. The molecule has 1 saturated heterocycles. The van der Waals surface area contributed by atoms with Crippen molar-refractivity contribution in [3.63, 3.8) is 0 Å². The van der Waals surface area contributed by atoms with Crippen LogP contribution in [0.3, 0.4) is 0 Å². The highest BCUT2D eigenvalue weighted by Gasteiger charge is 2.39. The number of nitro benzene ring substituents is 1. The second-order valence-electron chi connectivity index (χ2n) is 8.21. The van der Waals surface area contributed by atoms with Crippen LogP contribution < -0.4 is 5.32 Å². The SMILES string of the molecule is CCOC(=O)C1=C(CSCC2CCCN2C=O)NC(C)=C(C(=O)OC)C1c1cccc([N+](=O)[O-])c1. The van der Waals surface area contributed by atoms with Crippen molar-refractivity contribution in [1.82, 2.24) is 10.2 Å². The quantitative estimate of drug-likeness (QED) is 0.222. The summed E-state index contributed by atoms with van der Waals surface area (Å²) < 4.78 is 10.3. The second kappa shape index (κ2) is 11.9. The van der Waals surface area contributed by atoms with E-state index in [1.165, 1.54) is 25.3 Å². The monoisotopic (exact) mass is 503 g/mol. The van der Waals surface area contributed by atoms with E-state index in [-0.39, 0.29) is 29.5 Å². The number of non-ortho nitro benzene ring substituents is 1. The number of likely N-dealkylation sites (tertiary alicyclic amines) is 1. The Labute approximate surface area is 207 Å². The molecule has 188 valence electrons. The Hall–Kier alpha value is -3.34. The minimum atomic E-state index is -0.906. The Morgan fingerprint density at radius 1 is 1.31 bits per heavy atom. The molecule has 35 heavy (non-hydrogen) atoms. The number of benzene rings is 1. The molecule has 1 N–H and O–H groups in total. The van der Waals surface area contributed by atoms with Crippen molar-refractivity contribution in [2.75, 3.05) is 31.8 Å². The summed E-state index contributed by atoms with van der Waals surface area (Å²) in [6.45, 7) is 4.25. The van der Waals surface area contributed by atoms with Crippen molar-refractivity contribution < 1.29 is 28.8 Å². The lowest BCUT2D eigenvalue weighted by Crippen LogP contribution is -2.34. The van der Waals surface area contributed by atoms with Gasteiger partial charge >= 0.3 is 11.9 Å². The molecule has 2 unspecified atom stereocenters. The van der Waals surface area contributed by atoms with Gasteiger partial charge in [0.05, 0.1) is 35.7 Å². The molecule has 2 heterocycles. The maximum absolute atomic E-state index is 13.2. The zero-order valence-electron chi connectivity index (χ0n) is 19.9. The summed E-state index contributed by atoms with van der Waals surface area (Å²) in [5, 5.41) is 14.6. The van der Waals surface area contributed by atoms with Gasteiger partial charge in [-0.1, -0.05) is 12.1 Å². The highest BCUT2D eigenvalue weighted by molar-refractivity contribution is 7.99. The van der Waals surface area contributed by atoms with Crippen molar-refractivity contribution in [1.29, 1.82) is 0 Å². The zero-order chi connectivity index (χ0) is 25.5. The Morgan fingerprint density at radius 2 is 2.09 bits per heavy atom. The molecule has 0 radical (unpaired) electrons. The summed E-state index contributed by atoms with van der Waals surface area (Å²) in [4.78, 5) is 50.0. The number of thioether (sulfide) groups is 1. The molecule has 2 atom stereocenters. The number of methoxy groups -OCH3 is 1. The predicted molar refractivity (Wildman–Crippen MR) is 130 cm³/mol. The van der Waals surface area contributed by atoms with Gasteiger partial charge in [-0.25, -0.2) is 9.59 Å². The van der Waals surface area contributed by atoms with Crippen molar-refractivity contribution in [3.05, 3.63) is 62.5 Å². The van der Waals surface area contributed by atoms with Crippen LogP contribution in [0.5, 0.6) is 0 Å². The first-order valence-corrected chi connectivity index (χ1v) is 12.5. The van der Waals surface area contributed by atoms with E-state index in [1.807, 2.05) is 0 Å². The summed E-state index contributed by atoms with van der Waals surface area (Å²) in [6, 6.07) is 6.00. The summed E-state index contributed by atoms with van der Waals surface area (Å²) in [7, 11) is 1.24. The maximum atomic E-state index is 13.2. The first-order chi connectivity index (χ1) is 16.8. The largest absolute Gasteiger partial charge is 0.466 e. The van der Waals surface area contributed by atoms with E-state index >= 15 is 0 Å². The van der Waals surface area contributed by atoms with Crippen molar-refractivity contribution in [2.45, 2.75) is 38.6 Å². The highest BCUT2D eigenvalue weighted by Crippen LogP contribution is 2.41. The van der Waals surface area contributed by atoms with Gasteiger partial charge in [-0.15, -0.1) is 0 Å². The van der Waals surface area contributed by atoms with Crippen LogP contribution in [0.4, 0.5) is 5.69 Å². The number of ether oxygens (including phenoxy) is 2. The zero-order valence-corrected chi connectivity index (χ0v) is 20.8. The fourth-order valence-corrected chi connectivity index (χ4v) is 5.64. The standard InChI is InChI=1S/C24H29N3O7S/c1-4-34-24(30)22-19(13-35-12-18-9-6-10-26(18)14-28)25-15(2)20(23(29)33-3)21(22)16-7-5-8-17(11-16)27(31)32/h5,7-8,11,14,18,21,25H,4,6,9-10,12-13H2,1-3H3. The average Bonchev–Trinajstić information content (AvgIpc) is 3.30. The number of hydrogen-bond donors (Lipinski definition) is 1. The molecule has 0 bridgehead atoms. The van der Waals surface area contributed by atoms with E-state index in [2.05, 4.69) is 5.32 Å². The number of carbonyl (C=O) groups excluding carboxylic acids is 3. The number of hydrogen-bond acceptors (Lipinski definition) is 9. The molecule has 0 aromatic heterocycles. The number of esters is 2. The molecule has 2 aliphatic rings. The molecule has 0 saturated carbocycles. The predicted octanol–water partition coefficient (Wildman–Crippen LogP) is 2.90. The molecule has 2 aliphatic heterocycles. The molecular weight excluding hydrogens is 474 g/mol. The lowest BCUT2D eigenvalue weighted by Gasteiger charge is -2.31. The number of dihydropyridines is 1. The van der Waals surface area contributed by atoms with Crippen molar-refractivity contribution >= 4 is 35.8 Å². The first-order valence-electron chi connectivity index (χ1n) is 11.3. The summed E-state index contributed by atoms with van der Waals surface area (Å²) >= 11 is 1.56. The molecule has 1 amide bonds. The van der Waals surface area contributed by atoms with Gasteiger partial charge in [-0.05, 0) is 32.3 Å². The fourth-order valence-electron chi connectivity index (χ4n) is 4.46. The third-order valence-corrected chi connectivity index (χ3v) is 7.19. The molecule has 10 nitrogen and oxygen atoms in total.